The molecule has 0 saturated carbocycles. The Morgan fingerprint density at radius 2 is 1.76 bits per heavy atom. The maximum Gasteiger partial charge on any atom is 0.136 e. The summed E-state index contributed by atoms with van der Waals surface area (Å²) in [4.78, 5) is 11.5. The second-order valence-electron chi connectivity index (χ2n) is 5.48. The summed E-state index contributed by atoms with van der Waals surface area (Å²) in [6.45, 7) is 6.37. The Bertz CT molecular complexity index is 785. The van der Waals surface area contributed by atoms with Gasteiger partial charge in [-0.15, -0.1) is 11.3 Å². The molecule has 0 saturated heterocycles. The van der Waals surface area contributed by atoms with Crippen LogP contribution in [0.25, 0.3) is 10.2 Å². The van der Waals surface area contributed by atoms with Crippen molar-refractivity contribution in [2.24, 2.45) is 0 Å². The number of rotatable bonds is 3. The molecular weight excluding hydrogens is 278 g/mol. The summed E-state index contributed by atoms with van der Waals surface area (Å²) in [5.41, 5.74) is 9.86. The van der Waals surface area contributed by atoms with Crippen molar-refractivity contribution < 1.29 is 0 Å². The molecule has 1 aromatic carbocycles. The van der Waals surface area contributed by atoms with Gasteiger partial charge >= 0.3 is 0 Å². The van der Waals surface area contributed by atoms with E-state index in [2.05, 4.69) is 55.0 Å². The fourth-order valence-corrected chi connectivity index (χ4v) is 3.64. The van der Waals surface area contributed by atoms with Gasteiger partial charge in [0.25, 0.3) is 0 Å². The quantitative estimate of drug-likeness (QED) is 0.793. The summed E-state index contributed by atoms with van der Waals surface area (Å²) in [5.74, 6) is 1.39. The van der Waals surface area contributed by atoms with Gasteiger partial charge in [0.2, 0.25) is 0 Å². The lowest BCUT2D eigenvalue weighted by atomic mass is 10.0. The zero-order chi connectivity index (χ0) is 15.0. The third kappa shape index (κ3) is 2.90. The van der Waals surface area contributed by atoms with Crippen molar-refractivity contribution in [1.29, 1.82) is 0 Å². The van der Waals surface area contributed by atoms with Gasteiger partial charge < -0.3 is 5.73 Å². The van der Waals surface area contributed by atoms with Crippen LogP contribution in [-0.2, 0) is 12.8 Å². The van der Waals surface area contributed by atoms with Gasteiger partial charge in [0, 0.05) is 11.3 Å². The third-order valence-corrected chi connectivity index (χ3v) is 4.69. The highest BCUT2D eigenvalue weighted by molar-refractivity contribution is 7.18. The molecule has 2 aromatic heterocycles. The van der Waals surface area contributed by atoms with E-state index in [-0.39, 0.29) is 0 Å². The maximum absolute atomic E-state index is 6.09. The summed E-state index contributed by atoms with van der Waals surface area (Å²) in [6.07, 6.45) is 1.73. The van der Waals surface area contributed by atoms with Gasteiger partial charge in [0.1, 0.15) is 16.5 Å². The number of aromatic nitrogens is 2. The monoisotopic (exact) mass is 297 g/mol. The lowest BCUT2D eigenvalue weighted by Crippen LogP contribution is -2.01. The highest BCUT2D eigenvalue weighted by atomic mass is 32.1. The minimum atomic E-state index is 0.593. The van der Waals surface area contributed by atoms with E-state index in [4.69, 9.17) is 5.73 Å². The summed E-state index contributed by atoms with van der Waals surface area (Å²) in [6, 6.07) is 8.65. The second-order valence-corrected chi connectivity index (χ2v) is 6.60. The Morgan fingerprint density at radius 3 is 2.43 bits per heavy atom. The summed E-state index contributed by atoms with van der Waals surface area (Å²) < 4.78 is 0. The van der Waals surface area contributed by atoms with Crippen LogP contribution in [0.2, 0.25) is 0 Å². The molecule has 0 fully saturated rings. The van der Waals surface area contributed by atoms with Crippen LogP contribution in [0.1, 0.15) is 34.3 Å². The molecule has 3 rings (SSSR count). The minimum Gasteiger partial charge on any atom is -0.383 e. The largest absolute Gasteiger partial charge is 0.383 e. The Balaban J connectivity index is 2.00. The molecule has 0 unspecified atom stereocenters. The molecule has 4 heteroatoms. The van der Waals surface area contributed by atoms with Gasteiger partial charge in [-0.2, -0.15) is 0 Å². The number of fused-ring (bicyclic) bond motifs is 1. The molecule has 0 aliphatic rings. The highest BCUT2D eigenvalue weighted by Crippen LogP contribution is 2.28. The number of hydrogen-bond donors (Lipinski definition) is 1. The van der Waals surface area contributed by atoms with Gasteiger partial charge in [0.15, 0.2) is 0 Å². The first-order valence-electron chi connectivity index (χ1n) is 7.17. The van der Waals surface area contributed by atoms with E-state index in [9.17, 15) is 0 Å². The first-order valence-corrected chi connectivity index (χ1v) is 7.99. The molecule has 2 heterocycles. The van der Waals surface area contributed by atoms with Crippen LogP contribution in [-0.4, -0.2) is 9.97 Å². The molecule has 3 aromatic rings. The van der Waals surface area contributed by atoms with Gasteiger partial charge in [-0.25, -0.2) is 9.97 Å². The van der Waals surface area contributed by atoms with Crippen molar-refractivity contribution >= 4 is 27.4 Å². The van der Waals surface area contributed by atoms with Crippen LogP contribution in [0, 0.1) is 13.8 Å². The van der Waals surface area contributed by atoms with Gasteiger partial charge in [-0.3, -0.25) is 0 Å². The first kappa shape index (κ1) is 14.0. The number of benzene rings is 1. The topological polar surface area (TPSA) is 51.8 Å². The predicted molar refractivity (Wildman–Crippen MR) is 89.9 cm³/mol. The van der Waals surface area contributed by atoms with Crippen molar-refractivity contribution in [1.82, 2.24) is 9.97 Å². The smallest absolute Gasteiger partial charge is 0.136 e. The molecular formula is C17H19N3S. The lowest BCUT2D eigenvalue weighted by Gasteiger charge is -2.05. The summed E-state index contributed by atoms with van der Waals surface area (Å²) >= 11 is 1.71. The van der Waals surface area contributed by atoms with E-state index in [1.807, 2.05) is 0 Å². The van der Waals surface area contributed by atoms with Crippen LogP contribution >= 0.6 is 11.3 Å². The number of thiophene rings is 1. The Labute approximate surface area is 128 Å². The number of aryl methyl sites for hydroxylation is 3. The third-order valence-electron chi connectivity index (χ3n) is 3.51. The predicted octanol–water partition coefficient (Wildman–Crippen LogP) is 4.04. The standard InChI is InChI=1S/C17H19N3S/c1-4-13-9-14-16(18)19-15(20-17(14)21-13)8-12-6-10(2)5-11(3)7-12/h5-7,9H,4,8H2,1-3H3,(H2,18,19,20). The SMILES string of the molecule is CCc1cc2c(N)nc(Cc3cc(C)cc(C)c3)nc2s1. The summed E-state index contributed by atoms with van der Waals surface area (Å²) in [7, 11) is 0. The Kier molecular flexibility index (Phi) is 3.64. The fraction of sp³-hybridized carbons (Fsp3) is 0.294. The number of nitrogens with zero attached hydrogens (tertiary/aromatic N) is 2. The van der Waals surface area contributed by atoms with E-state index in [1.165, 1.54) is 21.6 Å². The van der Waals surface area contributed by atoms with E-state index in [0.29, 0.717) is 5.82 Å². The van der Waals surface area contributed by atoms with Crippen molar-refractivity contribution in [3.63, 3.8) is 0 Å². The molecule has 0 spiro atoms. The molecule has 21 heavy (non-hydrogen) atoms. The average Bonchev–Trinajstić information content (AvgIpc) is 2.81. The normalized spacial score (nSPS) is 11.2. The molecule has 0 amide bonds. The van der Waals surface area contributed by atoms with Gasteiger partial charge in [-0.05, 0) is 31.9 Å². The zero-order valence-electron chi connectivity index (χ0n) is 12.6. The number of nitrogen functional groups attached to an aromatic ring is 1. The second kappa shape index (κ2) is 5.45. The van der Waals surface area contributed by atoms with E-state index >= 15 is 0 Å². The highest BCUT2D eigenvalue weighted by Gasteiger charge is 2.10. The fourth-order valence-electron chi connectivity index (χ4n) is 2.65. The maximum atomic E-state index is 6.09. The van der Waals surface area contributed by atoms with Crippen molar-refractivity contribution in [2.75, 3.05) is 5.73 Å². The Hall–Kier alpha value is -1.94. The van der Waals surface area contributed by atoms with Gasteiger partial charge in [0.05, 0.1) is 5.39 Å². The molecule has 0 aliphatic heterocycles. The van der Waals surface area contributed by atoms with E-state index in [0.717, 1.165) is 28.9 Å². The molecule has 0 aliphatic carbocycles. The van der Waals surface area contributed by atoms with Crippen LogP contribution in [0.15, 0.2) is 24.3 Å². The van der Waals surface area contributed by atoms with Crippen molar-refractivity contribution in [3.05, 3.63) is 51.7 Å². The minimum absolute atomic E-state index is 0.593. The van der Waals surface area contributed by atoms with E-state index < -0.39 is 0 Å². The number of anilines is 1. The van der Waals surface area contributed by atoms with Crippen LogP contribution < -0.4 is 5.73 Å². The first-order chi connectivity index (χ1) is 10.0. The van der Waals surface area contributed by atoms with Crippen LogP contribution in [0.3, 0.4) is 0 Å². The average molecular weight is 297 g/mol. The molecule has 108 valence electrons. The van der Waals surface area contributed by atoms with Crippen LogP contribution in [0.4, 0.5) is 5.82 Å². The van der Waals surface area contributed by atoms with Gasteiger partial charge in [-0.1, -0.05) is 36.2 Å². The molecule has 0 radical (unpaired) electrons. The molecule has 0 bridgehead atoms. The molecule has 3 nitrogen and oxygen atoms in total. The lowest BCUT2D eigenvalue weighted by molar-refractivity contribution is 0.998. The molecule has 2 N–H and O–H groups in total. The Morgan fingerprint density at radius 1 is 1.05 bits per heavy atom. The zero-order valence-corrected chi connectivity index (χ0v) is 13.4. The number of hydrogen-bond acceptors (Lipinski definition) is 4. The van der Waals surface area contributed by atoms with Crippen molar-refractivity contribution in [3.8, 4) is 0 Å². The molecule has 0 atom stereocenters. The van der Waals surface area contributed by atoms with Crippen LogP contribution in [0.5, 0.6) is 0 Å². The summed E-state index contributed by atoms with van der Waals surface area (Å²) in [5, 5.41) is 0.987. The van der Waals surface area contributed by atoms with E-state index in [1.54, 1.807) is 11.3 Å². The van der Waals surface area contributed by atoms with Crippen molar-refractivity contribution in [2.45, 2.75) is 33.6 Å². The number of nitrogens with two attached hydrogens (primary N) is 1.